The molecule has 0 spiro atoms. The van der Waals surface area contributed by atoms with Gasteiger partial charge in [0.15, 0.2) is 0 Å². The number of rotatable bonds is 10. The standard InChI is InChI=1S/C16H18N2O4.C13H11BrN2O3.C3H8O/c1-11(2)22-10-13-7-8-15(21-3)16(17-13)12-5-4-6-14(9-12)18(19)20;1-19-12-6-5-10(8-14)15-13(12)9-3-2-4-11(7-9)16(17)18;1-3(2)4/h4-9,11H,10H2,1-3H3;2-7H,8H2,1H3;3-4H,1-2H3. The van der Waals surface area contributed by atoms with Gasteiger partial charge < -0.3 is 19.3 Å². The number of methoxy groups -OCH3 is 2. The number of nitrogens with zero attached hydrogens (tertiary/aromatic N) is 4. The fraction of sp³-hybridized carbons (Fsp3) is 0.312. The summed E-state index contributed by atoms with van der Waals surface area (Å²) in [5, 5.41) is 30.4. The minimum absolute atomic E-state index is 0.0187. The molecule has 0 atom stereocenters. The van der Waals surface area contributed by atoms with Crippen LogP contribution in [0.5, 0.6) is 11.5 Å². The van der Waals surface area contributed by atoms with Crippen molar-refractivity contribution in [1.82, 2.24) is 9.97 Å². The Hall–Kier alpha value is -4.46. The van der Waals surface area contributed by atoms with Crippen molar-refractivity contribution in [3.63, 3.8) is 0 Å². The van der Waals surface area contributed by atoms with Crippen molar-refractivity contribution in [1.29, 1.82) is 0 Å². The Kier molecular flexibility index (Phi) is 15.0. The molecule has 0 fully saturated rings. The van der Waals surface area contributed by atoms with Gasteiger partial charge >= 0.3 is 0 Å². The predicted octanol–water partition coefficient (Wildman–Crippen LogP) is 7.54. The van der Waals surface area contributed by atoms with Crippen LogP contribution in [0, 0.1) is 20.2 Å². The highest BCUT2D eigenvalue weighted by Gasteiger charge is 2.14. The maximum absolute atomic E-state index is 10.9. The van der Waals surface area contributed by atoms with Crippen LogP contribution in [0.1, 0.15) is 39.1 Å². The zero-order valence-corrected chi connectivity index (χ0v) is 27.6. The lowest BCUT2D eigenvalue weighted by Crippen LogP contribution is -2.04. The SMILES string of the molecule is CC(C)O.COc1ccc(CBr)nc1-c1cccc([N+](=O)[O-])c1.COc1ccc(COC(C)C)nc1-c1cccc([N+](=O)[O-])c1. The van der Waals surface area contributed by atoms with E-state index < -0.39 is 9.85 Å². The number of ether oxygens (including phenoxy) is 3. The second-order valence-electron chi connectivity index (χ2n) is 9.91. The van der Waals surface area contributed by atoms with E-state index in [1.165, 1.54) is 24.3 Å². The topological polar surface area (TPSA) is 160 Å². The highest BCUT2D eigenvalue weighted by molar-refractivity contribution is 9.08. The minimum Gasteiger partial charge on any atom is -0.494 e. The number of halogens is 1. The summed E-state index contributed by atoms with van der Waals surface area (Å²) in [7, 11) is 3.09. The fourth-order valence-corrected chi connectivity index (χ4v) is 3.97. The van der Waals surface area contributed by atoms with Crippen LogP contribution in [0.25, 0.3) is 22.5 Å². The van der Waals surface area contributed by atoms with Crippen LogP contribution in [0.3, 0.4) is 0 Å². The van der Waals surface area contributed by atoms with Crippen molar-refractivity contribution in [3.8, 4) is 34.0 Å². The molecule has 0 saturated heterocycles. The zero-order chi connectivity index (χ0) is 33.5. The van der Waals surface area contributed by atoms with E-state index in [0.29, 0.717) is 46.0 Å². The number of alkyl halides is 1. The normalized spacial score (nSPS) is 10.4. The molecule has 0 aliphatic carbocycles. The lowest BCUT2D eigenvalue weighted by atomic mass is 10.1. The summed E-state index contributed by atoms with van der Waals surface area (Å²) < 4.78 is 16.1. The highest BCUT2D eigenvalue weighted by Crippen LogP contribution is 2.32. The first-order valence-electron chi connectivity index (χ1n) is 13.8. The number of hydrogen-bond acceptors (Lipinski definition) is 10. The summed E-state index contributed by atoms with van der Waals surface area (Å²) in [5.41, 5.74) is 4.10. The maximum atomic E-state index is 10.9. The van der Waals surface area contributed by atoms with Crippen molar-refractivity contribution in [3.05, 3.63) is 104 Å². The molecule has 1 N–H and O–H groups in total. The molecule has 13 heteroatoms. The fourth-order valence-electron chi connectivity index (χ4n) is 3.66. The first kappa shape index (κ1) is 36.7. The molecule has 0 bridgehead atoms. The van der Waals surface area contributed by atoms with Crippen molar-refractivity contribution >= 4 is 27.3 Å². The molecule has 2 aromatic heterocycles. The molecule has 0 aliphatic rings. The van der Waals surface area contributed by atoms with E-state index in [1.807, 2.05) is 26.0 Å². The summed E-state index contributed by atoms with van der Waals surface area (Å²) in [6.45, 7) is 7.72. The molecule has 4 rings (SSSR count). The van der Waals surface area contributed by atoms with Crippen LogP contribution >= 0.6 is 15.9 Å². The highest BCUT2D eigenvalue weighted by atomic mass is 79.9. The zero-order valence-electron chi connectivity index (χ0n) is 26.0. The van der Waals surface area contributed by atoms with Crippen LogP contribution in [-0.2, 0) is 16.7 Å². The van der Waals surface area contributed by atoms with Gasteiger partial charge in [-0.25, -0.2) is 9.97 Å². The van der Waals surface area contributed by atoms with E-state index in [1.54, 1.807) is 64.5 Å². The van der Waals surface area contributed by atoms with E-state index in [9.17, 15) is 20.2 Å². The Bertz CT molecular complexity index is 1560. The second kappa shape index (κ2) is 18.4. The number of nitro groups is 2. The van der Waals surface area contributed by atoms with Crippen LogP contribution in [0.15, 0.2) is 72.8 Å². The number of aliphatic hydroxyl groups is 1. The molecule has 2 heterocycles. The van der Waals surface area contributed by atoms with Gasteiger partial charge in [0.25, 0.3) is 11.4 Å². The summed E-state index contributed by atoms with van der Waals surface area (Å²) >= 11 is 3.34. The van der Waals surface area contributed by atoms with Gasteiger partial charge in [-0.3, -0.25) is 20.2 Å². The molecule has 0 amide bonds. The summed E-state index contributed by atoms with van der Waals surface area (Å²) in [5.74, 6) is 1.15. The molecule has 0 saturated carbocycles. The quantitative estimate of drug-likeness (QED) is 0.100. The minimum atomic E-state index is -0.429. The Balaban J connectivity index is 0.000000283. The number of pyridine rings is 2. The second-order valence-corrected chi connectivity index (χ2v) is 10.5. The Morgan fingerprint density at radius 1 is 0.756 bits per heavy atom. The van der Waals surface area contributed by atoms with Crippen LogP contribution in [0.2, 0.25) is 0 Å². The van der Waals surface area contributed by atoms with Crippen molar-refractivity contribution < 1.29 is 29.2 Å². The van der Waals surface area contributed by atoms with E-state index in [-0.39, 0.29) is 23.6 Å². The number of aliphatic hydroxyl groups excluding tert-OH is 1. The molecule has 4 aromatic rings. The van der Waals surface area contributed by atoms with Gasteiger partial charge in [-0.15, -0.1) is 0 Å². The molecular weight excluding hydrogens is 648 g/mol. The molecule has 240 valence electrons. The maximum Gasteiger partial charge on any atom is 0.270 e. The number of hydrogen-bond donors (Lipinski definition) is 1. The average molecular weight is 686 g/mol. The lowest BCUT2D eigenvalue weighted by Gasteiger charge is -2.11. The van der Waals surface area contributed by atoms with Gasteiger partial charge in [0.05, 0.1) is 48.2 Å². The average Bonchev–Trinajstić information content (AvgIpc) is 3.03. The number of benzene rings is 2. The summed E-state index contributed by atoms with van der Waals surface area (Å²) in [6, 6.07) is 19.9. The smallest absolute Gasteiger partial charge is 0.270 e. The van der Waals surface area contributed by atoms with Crippen LogP contribution in [-0.4, -0.2) is 51.3 Å². The third-order valence-electron chi connectivity index (χ3n) is 5.63. The van der Waals surface area contributed by atoms with Gasteiger partial charge in [0.2, 0.25) is 0 Å². The number of non-ortho nitro benzene ring substituents is 2. The molecular formula is C32H37BrN4O8. The molecule has 45 heavy (non-hydrogen) atoms. The predicted molar refractivity (Wildman–Crippen MR) is 176 cm³/mol. The summed E-state index contributed by atoms with van der Waals surface area (Å²) in [6.07, 6.45) is -0.0647. The molecule has 0 radical (unpaired) electrons. The molecule has 0 unspecified atom stereocenters. The first-order valence-corrected chi connectivity index (χ1v) is 14.9. The van der Waals surface area contributed by atoms with Crippen LogP contribution < -0.4 is 9.47 Å². The monoisotopic (exact) mass is 684 g/mol. The van der Waals surface area contributed by atoms with Gasteiger partial charge in [-0.1, -0.05) is 40.2 Å². The first-order chi connectivity index (χ1) is 21.4. The van der Waals surface area contributed by atoms with Crippen molar-refractivity contribution in [2.24, 2.45) is 0 Å². The van der Waals surface area contributed by atoms with Crippen molar-refractivity contribution in [2.45, 2.75) is 51.8 Å². The van der Waals surface area contributed by atoms with E-state index >= 15 is 0 Å². The van der Waals surface area contributed by atoms with E-state index in [4.69, 9.17) is 19.3 Å². The van der Waals surface area contributed by atoms with Gasteiger partial charge in [-0.05, 0) is 52.0 Å². The number of aromatic nitrogens is 2. The van der Waals surface area contributed by atoms with Crippen LogP contribution in [0.4, 0.5) is 11.4 Å². The Morgan fingerprint density at radius 2 is 1.18 bits per heavy atom. The summed E-state index contributed by atoms with van der Waals surface area (Å²) in [4.78, 5) is 29.8. The third kappa shape index (κ3) is 11.9. The van der Waals surface area contributed by atoms with Gasteiger partial charge in [0.1, 0.15) is 22.9 Å². The van der Waals surface area contributed by atoms with E-state index in [2.05, 4.69) is 25.9 Å². The molecule has 12 nitrogen and oxygen atoms in total. The lowest BCUT2D eigenvalue weighted by molar-refractivity contribution is -0.385. The van der Waals surface area contributed by atoms with Crippen molar-refractivity contribution in [2.75, 3.05) is 14.2 Å². The Morgan fingerprint density at radius 3 is 1.56 bits per heavy atom. The van der Waals surface area contributed by atoms with E-state index in [0.717, 1.165) is 11.4 Å². The third-order valence-corrected chi connectivity index (χ3v) is 6.21. The Labute approximate surface area is 270 Å². The largest absolute Gasteiger partial charge is 0.494 e. The number of nitro benzene ring substituents is 2. The molecule has 0 aliphatic heterocycles. The molecule has 2 aromatic carbocycles. The van der Waals surface area contributed by atoms with Gasteiger partial charge in [-0.2, -0.15) is 0 Å². The van der Waals surface area contributed by atoms with Gasteiger partial charge in [0, 0.05) is 46.8 Å².